The molecule has 0 bridgehead atoms. The Bertz CT molecular complexity index is 1150. The molecular weight excluding hydrogens is 400 g/mol. The van der Waals surface area contributed by atoms with Gasteiger partial charge in [0.25, 0.3) is 5.91 Å². The topological polar surface area (TPSA) is 76.3 Å². The van der Waals surface area contributed by atoms with Crippen molar-refractivity contribution in [2.24, 2.45) is 4.99 Å². The molecule has 0 spiro atoms. The van der Waals surface area contributed by atoms with Crippen LogP contribution in [0.5, 0.6) is 0 Å². The maximum Gasteiger partial charge on any atom is 0.273 e. The number of fused-ring (bicyclic) bond motifs is 1. The Morgan fingerprint density at radius 3 is 2.63 bits per heavy atom. The van der Waals surface area contributed by atoms with Crippen LogP contribution in [0.4, 0.5) is 0 Å². The molecule has 3 aromatic rings. The zero-order chi connectivity index (χ0) is 21.7. The summed E-state index contributed by atoms with van der Waals surface area (Å²) in [4.78, 5) is 32.3. The Hall–Kier alpha value is -2.99. The average molecular weight is 425 g/mol. The number of nitrogens with one attached hydrogen (secondary N) is 1. The fraction of sp³-hybridized carbons (Fsp3) is 0.304. The number of halogens is 1. The zero-order valence-corrected chi connectivity index (χ0v) is 18.2. The molecule has 0 fully saturated rings. The van der Waals surface area contributed by atoms with E-state index in [4.69, 9.17) is 11.6 Å². The van der Waals surface area contributed by atoms with Gasteiger partial charge in [-0.2, -0.15) is 4.99 Å². The second kappa shape index (κ2) is 9.67. The summed E-state index contributed by atoms with van der Waals surface area (Å²) in [6.45, 7) is 4.73. The van der Waals surface area contributed by atoms with E-state index in [9.17, 15) is 9.59 Å². The van der Waals surface area contributed by atoms with Crippen molar-refractivity contribution in [3.05, 3.63) is 69.3 Å². The summed E-state index contributed by atoms with van der Waals surface area (Å²) in [5, 5.41) is 3.30. The molecule has 0 unspecified atom stereocenters. The van der Waals surface area contributed by atoms with E-state index < -0.39 is 0 Å². The lowest BCUT2D eigenvalue weighted by molar-refractivity contribution is -0.107. The van der Waals surface area contributed by atoms with Crippen LogP contribution in [0.15, 0.2) is 41.4 Å². The third-order valence-corrected chi connectivity index (χ3v) is 5.43. The monoisotopic (exact) mass is 424 g/mol. The summed E-state index contributed by atoms with van der Waals surface area (Å²) in [6, 6.07) is 11.8. The fourth-order valence-corrected chi connectivity index (χ4v) is 3.72. The molecule has 156 valence electrons. The van der Waals surface area contributed by atoms with Crippen molar-refractivity contribution in [3.8, 4) is 0 Å². The van der Waals surface area contributed by atoms with Crippen LogP contribution in [0.3, 0.4) is 0 Å². The number of rotatable bonds is 7. The summed E-state index contributed by atoms with van der Waals surface area (Å²) in [7, 11) is 1.54. The summed E-state index contributed by atoms with van der Waals surface area (Å²) in [5.41, 5.74) is 5.48. The minimum absolute atomic E-state index is 0.148. The molecule has 6 nitrogen and oxygen atoms in total. The van der Waals surface area contributed by atoms with Gasteiger partial charge in [0.2, 0.25) is 6.41 Å². The zero-order valence-electron chi connectivity index (χ0n) is 17.4. The van der Waals surface area contributed by atoms with Crippen molar-refractivity contribution in [2.75, 3.05) is 7.05 Å². The SMILES string of the molecule is CCc1cc2nc(C(=O)NC)c(=NC=O)n(CCCc3ccc(Cl)cc3)c2cc1C. The van der Waals surface area contributed by atoms with Gasteiger partial charge in [-0.05, 0) is 67.1 Å². The molecule has 0 saturated carbocycles. The normalized spacial score (nSPS) is 11.7. The Balaban J connectivity index is 2.12. The largest absolute Gasteiger partial charge is 0.354 e. The van der Waals surface area contributed by atoms with E-state index in [1.165, 1.54) is 18.2 Å². The first-order valence-corrected chi connectivity index (χ1v) is 10.3. The lowest BCUT2D eigenvalue weighted by Gasteiger charge is -2.16. The van der Waals surface area contributed by atoms with Crippen LogP contribution in [0, 0.1) is 6.92 Å². The summed E-state index contributed by atoms with van der Waals surface area (Å²) >= 11 is 5.97. The van der Waals surface area contributed by atoms with Crippen LogP contribution in [-0.4, -0.2) is 28.9 Å². The van der Waals surface area contributed by atoms with Crippen LogP contribution in [-0.2, 0) is 24.2 Å². The second-order valence-corrected chi connectivity index (χ2v) is 7.54. The highest BCUT2D eigenvalue weighted by molar-refractivity contribution is 6.30. The number of nitrogens with zero attached hydrogens (tertiary/aromatic N) is 3. The van der Waals surface area contributed by atoms with Gasteiger partial charge in [-0.25, -0.2) is 4.98 Å². The Morgan fingerprint density at radius 1 is 1.27 bits per heavy atom. The third kappa shape index (κ3) is 4.60. The van der Waals surface area contributed by atoms with E-state index in [0.717, 1.165) is 30.3 Å². The minimum Gasteiger partial charge on any atom is -0.354 e. The van der Waals surface area contributed by atoms with Crippen molar-refractivity contribution in [1.82, 2.24) is 14.9 Å². The van der Waals surface area contributed by atoms with Gasteiger partial charge in [-0.15, -0.1) is 0 Å². The lowest BCUT2D eigenvalue weighted by atomic mass is 10.0. The van der Waals surface area contributed by atoms with Gasteiger partial charge < -0.3 is 9.88 Å². The molecule has 0 saturated heterocycles. The first-order valence-electron chi connectivity index (χ1n) is 9.96. The molecule has 2 amide bonds. The Morgan fingerprint density at radius 2 is 2.00 bits per heavy atom. The molecule has 0 aliphatic carbocycles. The fourth-order valence-electron chi connectivity index (χ4n) is 3.59. The number of hydrogen-bond acceptors (Lipinski definition) is 3. The minimum atomic E-state index is -0.373. The number of hydrogen-bond donors (Lipinski definition) is 1. The molecule has 0 atom stereocenters. The van der Waals surface area contributed by atoms with Gasteiger partial charge in [0.15, 0.2) is 11.2 Å². The molecule has 0 radical (unpaired) electrons. The van der Waals surface area contributed by atoms with Crippen molar-refractivity contribution >= 4 is 35.0 Å². The van der Waals surface area contributed by atoms with Crippen LogP contribution in [0.25, 0.3) is 11.0 Å². The Labute approximate surface area is 180 Å². The van der Waals surface area contributed by atoms with E-state index in [-0.39, 0.29) is 17.1 Å². The van der Waals surface area contributed by atoms with E-state index in [1.54, 1.807) is 0 Å². The smallest absolute Gasteiger partial charge is 0.273 e. The number of benzene rings is 2. The molecule has 1 N–H and O–H groups in total. The van der Waals surface area contributed by atoms with Crippen molar-refractivity contribution < 1.29 is 9.59 Å². The van der Waals surface area contributed by atoms with E-state index in [2.05, 4.69) is 35.2 Å². The highest BCUT2D eigenvalue weighted by Crippen LogP contribution is 2.19. The van der Waals surface area contributed by atoms with Gasteiger partial charge in [0.1, 0.15) is 0 Å². The van der Waals surface area contributed by atoms with Gasteiger partial charge in [-0.1, -0.05) is 30.7 Å². The number of aryl methyl sites for hydroxylation is 4. The molecule has 1 heterocycles. The summed E-state index contributed by atoms with van der Waals surface area (Å²) in [6.07, 6.45) is 2.96. The van der Waals surface area contributed by atoms with Gasteiger partial charge in [0, 0.05) is 18.6 Å². The van der Waals surface area contributed by atoms with Crippen LogP contribution >= 0.6 is 11.6 Å². The van der Waals surface area contributed by atoms with Crippen LogP contribution in [0.2, 0.25) is 5.02 Å². The van der Waals surface area contributed by atoms with Crippen molar-refractivity contribution in [3.63, 3.8) is 0 Å². The molecule has 0 aliphatic rings. The molecule has 3 rings (SSSR count). The maximum atomic E-state index is 12.5. The number of aromatic nitrogens is 2. The van der Waals surface area contributed by atoms with Gasteiger partial charge in [0.05, 0.1) is 11.0 Å². The van der Waals surface area contributed by atoms with E-state index in [0.29, 0.717) is 23.5 Å². The quantitative estimate of drug-likeness (QED) is 0.588. The van der Waals surface area contributed by atoms with Crippen molar-refractivity contribution in [1.29, 1.82) is 0 Å². The molecule has 30 heavy (non-hydrogen) atoms. The molecule has 0 aliphatic heterocycles. The molecule has 7 heteroatoms. The third-order valence-electron chi connectivity index (χ3n) is 5.18. The highest BCUT2D eigenvalue weighted by atomic mass is 35.5. The summed E-state index contributed by atoms with van der Waals surface area (Å²) < 4.78 is 1.92. The van der Waals surface area contributed by atoms with E-state index >= 15 is 0 Å². The average Bonchev–Trinajstić information content (AvgIpc) is 2.75. The Kier molecular flexibility index (Phi) is 7.00. The molecule has 2 aromatic carbocycles. The van der Waals surface area contributed by atoms with Gasteiger partial charge in [-0.3, -0.25) is 9.59 Å². The molecule has 1 aromatic heterocycles. The predicted octanol–water partition coefficient (Wildman–Crippen LogP) is 3.61. The highest BCUT2D eigenvalue weighted by Gasteiger charge is 2.16. The standard InChI is InChI=1S/C23H25ClN4O2/c1-4-17-13-19-20(12-15(17)2)28(11-5-6-16-7-9-18(24)10-8-16)22(26-14-29)21(27-19)23(30)25-3/h7-10,12-14H,4-6,11H2,1-3H3,(H,25,30). The van der Waals surface area contributed by atoms with Crippen LogP contribution in [0.1, 0.15) is 40.5 Å². The molecular formula is C23H25ClN4O2. The van der Waals surface area contributed by atoms with Crippen LogP contribution < -0.4 is 10.8 Å². The van der Waals surface area contributed by atoms with E-state index in [1.807, 2.05) is 34.9 Å². The predicted molar refractivity (Wildman–Crippen MR) is 119 cm³/mol. The lowest BCUT2D eigenvalue weighted by Crippen LogP contribution is -2.34. The maximum absolute atomic E-state index is 12.5. The first kappa shape index (κ1) is 21.7. The second-order valence-electron chi connectivity index (χ2n) is 7.10. The number of carbonyl (C=O) groups excluding carboxylic acids is 2. The van der Waals surface area contributed by atoms with Crippen molar-refractivity contribution in [2.45, 2.75) is 39.7 Å². The number of carbonyl (C=O) groups is 2. The van der Waals surface area contributed by atoms with Gasteiger partial charge >= 0.3 is 0 Å². The number of amides is 2. The summed E-state index contributed by atoms with van der Waals surface area (Å²) in [5.74, 6) is -0.373. The first-order chi connectivity index (χ1) is 14.5.